The molecule has 0 aromatic rings. The molecule has 0 fully saturated rings. The van der Waals surface area contributed by atoms with Gasteiger partial charge < -0.3 is 0 Å². The number of halogens is 2. The first-order valence-electron chi connectivity index (χ1n) is 3.14. The Morgan fingerprint density at radius 3 is 2.33 bits per heavy atom. The molecular weight excluding hydrogens is 122 g/mol. The van der Waals surface area contributed by atoms with E-state index in [0.29, 0.717) is 12.3 Å². The molecule has 0 N–H and O–H groups in total. The van der Waals surface area contributed by atoms with Gasteiger partial charge in [0.1, 0.15) is 0 Å². The maximum absolute atomic E-state index is 11.3. The molecule has 9 heavy (non-hydrogen) atoms. The summed E-state index contributed by atoms with van der Waals surface area (Å²) in [5, 5.41) is 0. The van der Waals surface area contributed by atoms with Crippen molar-refractivity contribution in [2.75, 3.05) is 0 Å². The number of hydrogen-bond donors (Lipinski definition) is 0. The van der Waals surface area contributed by atoms with E-state index in [1.54, 1.807) is 0 Å². The second-order valence-electron chi connectivity index (χ2n) is 2.46. The SMILES string of the molecule is CC(C)CCC=C(F)F. The van der Waals surface area contributed by atoms with Crippen LogP contribution in [0.25, 0.3) is 0 Å². The van der Waals surface area contributed by atoms with Crippen LogP contribution in [0.2, 0.25) is 0 Å². The molecule has 0 saturated carbocycles. The topological polar surface area (TPSA) is 0 Å². The number of allylic oxidation sites excluding steroid dienone is 1. The maximum Gasteiger partial charge on any atom is 0.266 e. The van der Waals surface area contributed by atoms with Crippen LogP contribution in [0.4, 0.5) is 8.78 Å². The average Bonchev–Trinajstić information content (AvgIpc) is 1.63. The largest absolute Gasteiger partial charge is 0.266 e. The van der Waals surface area contributed by atoms with Crippen LogP contribution in [0.15, 0.2) is 12.2 Å². The maximum atomic E-state index is 11.3. The molecule has 0 rings (SSSR count). The van der Waals surface area contributed by atoms with Gasteiger partial charge in [0.25, 0.3) is 6.08 Å². The Morgan fingerprint density at radius 2 is 2.00 bits per heavy atom. The lowest BCUT2D eigenvalue weighted by molar-refractivity contribution is 0.415. The van der Waals surface area contributed by atoms with Crippen molar-refractivity contribution in [3.8, 4) is 0 Å². The third kappa shape index (κ3) is 7.60. The fourth-order valence-corrected chi connectivity index (χ4v) is 0.526. The summed E-state index contributed by atoms with van der Waals surface area (Å²) < 4.78 is 22.7. The van der Waals surface area contributed by atoms with Crippen LogP contribution in [0.3, 0.4) is 0 Å². The van der Waals surface area contributed by atoms with E-state index < -0.39 is 6.08 Å². The van der Waals surface area contributed by atoms with E-state index in [1.165, 1.54) is 0 Å². The van der Waals surface area contributed by atoms with Crippen LogP contribution in [-0.4, -0.2) is 0 Å². The highest BCUT2D eigenvalue weighted by molar-refractivity contribution is 4.79. The predicted octanol–water partition coefficient (Wildman–Crippen LogP) is 3.20. The van der Waals surface area contributed by atoms with Gasteiger partial charge in [-0.1, -0.05) is 13.8 Å². The zero-order valence-corrected chi connectivity index (χ0v) is 5.82. The van der Waals surface area contributed by atoms with Crippen LogP contribution in [0.5, 0.6) is 0 Å². The van der Waals surface area contributed by atoms with Crippen molar-refractivity contribution in [2.45, 2.75) is 26.7 Å². The van der Waals surface area contributed by atoms with Gasteiger partial charge in [-0.2, -0.15) is 8.78 Å². The van der Waals surface area contributed by atoms with Crippen molar-refractivity contribution >= 4 is 0 Å². The molecule has 2 heteroatoms. The third-order valence-corrected chi connectivity index (χ3v) is 1.04. The van der Waals surface area contributed by atoms with Gasteiger partial charge in [0.2, 0.25) is 0 Å². The summed E-state index contributed by atoms with van der Waals surface area (Å²) >= 11 is 0. The summed E-state index contributed by atoms with van der Waals surface area (Å²) in [6.45, 7) is 4.04. The van der Waals surface area contributed by atoms with E-state index in [9.17, 15) is 8.78 Å². The monoisotopic (exact) mass is 134 g/mol. The standard InChI is InChI=1S/C7H12F2/c1-6(2)4-3-5-7(8)9/h5-6H,3-4H2,1-2H3. The lowest BCUT2D eigenvalue weighted by Gasteiger charge is -1.97. The Balaban J connectivity index is 3.20. The molecule has 54 valence electrons. The molecule has 0 aliphatic rings. The van der Waals surface area contributed by atoms with Gasteiger partial charge in [-0.15, -0.1) is 0 Å². The van der Waals surface area contributed by atoms with Gasteiger partial charge in [0.05, 0.1) is 0 Å². The lowest BCUT2D eigenvalue weighted by Crippen LogP contribution is -1.83. The molecule has 0 bridgehead atoms. The van der Waals surface area contributed by atoms with E-state index >= 15 is 0 Å². The van der Waals surface area contributed by atoms with Crippen LogP contribution < -0.4 is 0 Å². The molecule has 0 unspecified atom stereocenters. The summed E-state index contributed by atoms with van der Waals surface area (Å²) in [5.41, 5.74) is 0. The fraction of sp³-hybridized carbons (Fsp3) is 0.714. The van der Waals surface area contributed by atoms with Gasteiger partial charge in [-0.05, 0) is 24.8 Å². The van der Waals surface area contributed by atoms with E-state index in [0.717, 1.165) is 12.5 Å². The predicted molar refractivity (Wildman–Crippen MR) is 34.4 cm³/mol. The Kier molecular flexibility index (Phi) is 4.28. The van der Waals surface area contributed by atoms with Gasteiger partial charge in [0, 0.05) is 0 Å². The minimum atomic E-state index is -1.56. The van der Waals surface area contributed by atoms with Crippen LogP contribution in [-0.2, 0) is 0 Å². The quantitative estimate of drug-likeness (QED) is 0.556. The summed E-state index contributed by atoms with van der Waals surface area (Å²) in [6.07, 6.45) is 0.757. The Morgan fingerprint density at radius 1 is 1.44 bits per heavy atom. The normalized spacial score (nSPS) is 9.89. The first-order chi connectivity index (χ1) is 4.13. The number of rotatable bonds is 3. The molecule has 0 amide bonds. The van der Waals surface area contributed by atoms with Gasteiger partial charge in [0.15, 0.2) is 0 Å². The second kappa shape index (κ2) is 4.48. The van der Waals surface area contributed by atoms with Crippen molar-refractivity contribution in [2.24, 2.45) is 5.92 Å². The summed E-state index contributed by atoms with van der Waals surface area (Å²) in [6, 6.07) is 0. The van der Waals surface area contributed by atoms with Gasteiger partial charge >= 0.3 is 0 Å². The van der Waals surface area contributed by atoms with Crippen molar-refractivity contribution in [1.29, 1.82) is 0 Å². The van der Waals surface area contributed by atoms with Crippen molar-refractivity contribution < 1.29 is 8.78 Å². The van der Waals surface area contributed by atoms with E-state index in [2.05, 4.69) is 0 Å². The molecule has 0 atom stereocenters. The third-order valence-electron chi connectivity index (χ3n) is 1.04. The van der Waals surface area contributed by atoms with E-state index in [4.69, 9.17) is 0 Å². The van der Waals surface area contributed by atoms with Crippen LogP contribution in [0.1, 0.15) is 26.7 Å². The smallest absolute Gasteiger partial charge is 0.174 e. The number of hydrogen-bond acceptors (Lipinski definition) is 0. The minimum absolute atomic E-state index is 0.500. The minimum Gasteiger partial charge on any atom is -0.174 e. The first-order valence-corrected chi connectivity index (χ1v) is 3.14. The average molecular weight is 134 g/mol. The molecule has 0 spiro atoms. The highest BCUT2D eigenvalue weighted by atomic mass is 19.3. The molecule has 0 saturated heterocycles. The Hall–Kier alpha value is -0.400. The second-order valence-corrected chi connectivity index (χ2v) is 2.46. The Bertz CT molecular complexity index is 91.1. The summed E-state index contributed by atoms with van der Waals surface area (Å²) in [5.74, 6) is 0.514. The highest BCUT2D eigenvalue weighted by Gasteiger charge is 1.92. The first kappa shape index (κ1) is 8.60. The summed E-state index contributed by atoms with van der Waals surface area (Å²) in [7, 11) is 0. The molecule has 0 aromatic carbocycles. The van der Waals surface area contributed by atoms with Crippen molar-refractivity contribution in [3.63, 3.8) is 0 Å². The zero-order chi connectivity index (χ0) is 7.28. The van der Waals surface area contributed by atoms with Crippen molar-refractivity contribution in [1.82, 2.24) is 0 Å². The fourth-order valence-electron chi connectivity index (χ4n) is 0.526. The molecule has 0 radical (unpaired) electrons. The summed E-state index contributed by atoms with van der Waals surface area (Å²) in [4.78, 5) is 0. The Labute approximate surface area is 54.6 Å². The van der Waals surface area contributed by atoms with Crippen LogP contribution >= 0.6 is 0 Å². The van der Waals surface area contributed by atoms with Gasteiger partial charge in [-0.25, -0.2) is 0 Å². The van der Waals surface area contributed by atoms with E-state index in [1.807, 2.05) is 13.8 Å². The molecule has 0 aliphatic heterocycles. The van der Waals surface area contributed by atoms with Gasteiger partial charge in [-0.3, -0.25) is 0 Å². The van der Waals surface area contributed by atoms with Crippen molar-refractivity contribution in [3.05, 3.63) is 12.2 Å². The molecule has 0 nitrogen and oxygen atoms in total. The zero-order valence-electron chi connectivity index (χ0n) is 5.82. The molecule has 0 heterocycles. The highest BCUT2D eigenvalue weighted by Crippen LogP contribution is 2.07. The van der Waals surface area contributed by atoms with E-state index in [-0.39, 0.29) is 0 Å². The molecular formula is C7H12F2. The molecule has 0 aromatic heterocycles. The lowest BCUT2D eigenvalue weighted by atomic mass is 10.1. The molecule has 0 aliphatic carbocycles. The van der Waals surface area contributed by atoms with Crippen LogP contribution in [0, 0.1) is 5.92 Å².